The number of hydrogen-bond donors (Lipinski definition) is 1. The topological polar surface area (TPSA) is 64.7 Å². The van der Waals surface area contributed by atoms with Crippen LogP contribution in [0.1, 0.15) is 36.8 Å². The molecule has 3 aromatic rings. The van der Waals surface area contributed by atoms with Crippen LogP contribution in [0.25, 0.3) is 5.69 Å². The monoisotopic (exact) mass is 337 g/mol. The molecule has 2 aromatic heterocycles. The zero-order valence-corrected chi connectivity index (χ0v) is 15.0. The molecule has 25 heavy (non-hydrogen) atoms. The molecule has 0 atom stereocenters. The second kappa shape index (κ2) is 6.93. The van der Waals surface area contributed by atoms with Gasteiger partial charge in [0.25, 0.3) is 0 Å². The summed E-state index contributed by atoms with van der Waals surface area (Å²) in [6.07, 6.45) is 1.98. The zero-order chi connectivity index (χ0) is 18.0. The third-order valence-electron chi connectivity index (χ3n) is 4.21. The summed E-state index contributed by atoms with van der Waals surface area (Å²) in [5.41, 5.74) is 3.80. The van der Waals surface area contributed by atoms with Crippen molar-refractivity contribution in [3.05, 3.63) is 59.5 Å². The van der Waals surface area contributed by atoms with Crippen molar-refractivity contribution in [3.8, 4) is 5.69 Å². The van der Waals surface area contributed by atoms with E-state index in [9.17, 15) is 4.79 Å². The Bertz CT molecular complexity index is 877. The standard InChI is InChI=1S/C19H23N5O/c1-13(2)23-18(10-11-20-23)21-19(25)12-17-14(3)22-24(15(17)4)16-8-6-5-7-9-16/h5-11,13H,12H2,1-4H3,(H,21,25). The van der Waals surface area contributed by atoms with Gasteiger partial charge in [-0.1, -0.05) is 18.2 Å². The maximum Gasteiger partial charge on any atom is 0.230 e. The highest BCUT2D eigenvalue weighted by Gasteiger charge is 2.17. The number of aryl methyl sites for hydroxylation is 1. The summed E-state index contributed by atoms with van der Waals surface area (Å²) in [6.45, 7) is 7.99. The average molecular weight is 337 g/mol. The molecular formula is C19H23N5O. The van der Waals surface area contributed by atoms with Gasteiger partial charge < -0.3 is 5.32 Å². The fraction of sp³-hybridized carbons (Fsp3) is 0.316. The van der Waals surface area contributed by atoms with Crippen LogP contribution in [0.3, 0.4) is 0 Å². The zero-order valence-electron chi connectivity index (χ0n) is 15.0. The van der Waals surface area contributed by atoms with Crippen molar-refractivity contribution in [3.63, 3.8) is 0 Å². The van der Waals surface area contributed by atoms with Crippen molar-refractivity contribution in [2.75, 3.05) is 5.32 Å². The number of benzene rings is 1. The first kappa shape index (κ1) is 17.0. The number of aromatic nitrogens is 4. The van der Waals surface area contributed by atoms with Gasteiger partial charge in [-0.25, -0.2) is 9.36 Å². The third kappa shape index (κ3) is 3.47. The Kier molecular flexibility index (Phi) is 4.70. The molecule has 1 aromatic carbocycles. The molecule has 130 valence electrons. The lowest BCUT2D eigenvalue weighted by Gasteiger charge is -2.12. The molecule has 0 spiro atoms. The Morgan fingerprint density at radius 2 is 1.88 bits per heavy atom. The predicted octanol–water partition coefficient (Wildman–Crippen LogP) is 3.45. The summed E-state index contributed by atoms with van der Waals surface area (Å²) < 4.78 is 3.68. The number of hydrogen-bond acceptors (Lipinski definition) is 3. The summed E-state index contributed by atoms with van der Waals surface area (Å²) in [6, 6.07) is 11.9. The molecule has 6 nitrogen and oxygen atoms in total. The van der Waals surface area contributed by atoms with Crippen molar-refractivity contribution >= 4 is 11.7 Å². The molecule has 2 heterocycles. The molecule has 0 aliphatic carbocycles. The second-order valence-corrected chi connectivity index (χ2v) is 6.38. The van der Waals surface area contributed by atoms with Gasteiger partial charge in [0, 0.05) is 23.4 Å². The molecule has 1 N–H and O–H groups in total. The number of carbonyl (C=O) groups is 1. The van der Waals surface area contributed by atoms with Crippen LogP contribution in [-0.4, -0.2) is 25.5 Å². The molecule has 0 aliphatic heterocycles. The van der Waals surface area contributed by atoms with Gasteiger partial charge in [-0.15, -0.1) is 0 Å². The van der Waals surface area contributed by atoms with Crippen LogP contribution in [0.2, 0.25) is 0 Å². The lowest BCUT2D eigenvalue weighted by molar-refractivity contribution is -0.115. The summed E-state index contributed by atoms with van der Waals surface area (Å²) in [5.74, 6) is 0.645. The third-order valence-corrected chi connectivity index (χ3v) is 4.21. The van der Waals surface area contributed by atoms with E-state index < -0.39 is 0 Å². The van der Waals surface area contributed by atoms with Crippen molar-refractivity contribution in [2.24, 2.45) is 0 Å². The first-order valence-electron chi connectivity index (χ1n) is 8.41. The van der Waals surface area contributed by atoms with Gasteiger partial charge in [-0.3, -0.25) is 4.79 Å². The summed E-state index contributed by atoms with van der Waals surface area (Å²) in [4.78, 5) is 12.5. The summed E-state index contributed by atoms with van der Waals surface area (Å²) in [7, 11) is 0. The Hall–Kier alpha value is -2.89. The lowest BCUT2D eigenvalue weighted by atomic mass is 10.1. The lowest BCUT2D eigenvalue weighted by Crippen LogP contribution is -2.19. The van der Waals surface area contributed by atoms with Crippen LogP contribution in [0, 0.1) is 13.8 Å². The van der Waals surface area contributed by atoms with E-state index in [2.05, 4.69) is 15.5 Å². The van der Waals surface area contributed by atoms with Gasteiger partial charge in [0.2, 0.25) is 5.91 Å². The van der Waals surface area contributed by atoms with Crippen LogP contribution in [0.5, 0.6) is 0 Å². The van der Waals surface area contributed by atoms with Crippen LogP contribution in [0.15, 0.2) is 42.6 Å². The van der Waals surface area contributed by atoms with E-state index in [0.29, 0.717) is 5.82 Å². The Morgan fingerprint density at radius 1 is 1.16 bits per heavy atom. The normalized spacial score (nSPS) is 11.1. The van der Waals surface area contributed by atoms with E-state index in [1.54, 1.807) is 10.9 Å². The molecule has 0 aliphatic rings. The van der Waals surface area contributed by atoms with Crippen molar-refractivity contribution < 1.29 is 4.79 Å². The number of rotatable bonds is 5. The number of anilines is 1. The van der Waals surface area contributed by atoms with Crippen LogP contribution in [-0.2, 0) is 11.2 Å². The SMILES string of the molecule is Cc1nn(-c2ccccc2)c(C)c1CC(=O)Nc1ccnn1C(C)C. The fourth-order valence-corrected chi connectivity index (χ4v) is 2.92. The van der Waals surface area contributed by atoms with Crippen molar-refractivity contribution in [1.82, 2.24) is 19.6 Å². The minimum atomic E-state index is -0.0683. The highest BCUT2D eigenvalue weighted by molar-refractivity contribution is 5.91. The van der Waals surface area contributed by atoms with Crippen molar-refractivity contribution in [2.45, 2.75) is 40.2 Å². The first-order valence-corrected chi connectivity index (χ1v) is 8.41. The Balaban J connectivity index is 1.80. The average Bonchev–Trinajstić information content (AvgIpc) is 3.15. The van der Waals surface area contributed by atoms with Gasteiger partial charge in [0.1, 0.15) is 5.82 Å². The molecule has 0 radical (unpaired) electrons. The minimum absolute atomic E-state index is 0.0683. The predicted molar refractivity (Wildman–Crippen MR) is 98.0 cm³/mol. The number of carbonyl (C=O) groups excluding carboxylic acids is 1. The first-order chi connectivity index (χ1) is 12.0. The fourth-order valence-electron chi connectivity index (χ4n) is 2.92. The van der Waals surface area contributed by atoms with Gasteiger partial charge in [-0.2, -0.15) is 10.2 Å². The Morgan fingerprint density at radius 3 is 2.56 bits per heavy atom. The molecule has 0 fully saturated rings. The van der Waals surface area contributed by atoms with Crippen LogP contribution >= 0.6 is 0 Å². The molecule has 0 bridgehead atoms. The van der Waals surface area contributed by atoms with E-state index in [-0.39, 0.29) is 18.4 Å². The number of amides is 1. The quantitative estimate of drug-likeness (QED) is 0.775. The maximum atomic E-state index is 12.5. The minimum Gasteiger partial charge on any atom is -0.311 e. The highest BCUT2D eigenvalue weighted by Crippen LogP contribution is 2.19. The van der Waals surface area contributed by atoms with Gasteiger partial charge in [0.05, 0.1) is 24.0 Å². The van der Waals surface area contributed by atoms with E-state index >= 15 is 0 Å². The Labute approximate surface area is 147 Å². The summed E-state index contributed by atoms with van der Waals surface area (Å²) >= 11 is 0. The number of nitrogens with zero attached hydrogens (tertiary/aromatic N) is 4. The van der Waals surface area contributed by atoms with Crippen LogP contribution < -0.4 is 5.32 Å². The maximum absolute atomic E-state index is 12.5. The molecule has 1 amide bonds. The van der Waals surface area contributed by atoms with E-state index in [4.69, 9.17) is 0 Å². The largest absolute Gasteiger partial charge is 0.311 e. The van der Waals surface area contributed by atoms with E-state index in [0.717, 1.165) is 22.6 Å². The van der Waals surface area contributed by atoms with E-state index in [1.807, 2.05) is 68.8 Å². The van der Waals surface area contributed by atoms with Crippen molar-refractivity contribution in [1.29, 1.82) is 0 Å². The number of nitrogens with one attached hydrogen (secondary N) is 1. The van der Waals surface area contributed by atoms with E-state index in [1.165, 1.54) is 0 Å². The molecule has 0 saturated heterocycles. The number of para-hydroxylation sites is 1. The summed E-state index contributed by atoms with van der Waals surface area (Å²) in [5, 5.41) is 11.8. The molecule has 0 unspecified atom stereocenters. The highest BCUT2D eigenvalue weighted by atomic mass is 16.1. The second-order valence-electron chi connectivity index (χ2n) is 6.38. The molecule has 6 heteroatoms. The molecule has 0 saturated carbocycles. The smallest absolute Gasteiger partial charge is 0.230 e. The van der Waals surface area contributed by atoms with Gasteiger partial charge >= 0.3 is 0 Å². The van der Waals surface area contributed by atoms with Gasteiger partial charge in [-0.05, 0) is 39.8 Å². The van der Waals surface area contributed by atoms with Gasteiger partial charge in [0.15, 0.2) is 0 Å². The van der Waals surface area contributed by atoms with Crippen LogP contribution in [0.4, 0.5) is 5.82 Å². The molecule has 3 rings (SSSR count). The molecular weight excluding hydrogens is 314 g/mol.